The molecule has 1 aromatic rings. The Labute approximate surface area is 119 Å². The Hall–Kier alpha value is -0.780. The van der Waals surface area contributed by atoms with E-state index in [2.05, 4.69) is 11.6 Å². The van der Waals surface area contributed by atoms with Gasteiger partial charge in [0.15, 0.2) is 0 Å². The highest BCUT2D eigenvalue weighted by molar-refractivity contribution is 7.89. The summed E-state index contributed by atoms with van der Waals surface area (Å²) in [5.74, 6) is 0.568. The molecule has 1 saturated carbocycles. The van der Waals surface area contributed by atoms with Crippen LogP contribution in [0.1, 0.15) is 31.7 Å². The predicted molar refractivity (Wildman–Crippen MR) is 77.7 cm³/mol. The molecule has 2 unspecified atom stereocenters. The number of nitrogens with two attached hydrogens (primary N) is 1. The monoisotopic (exact) mass is 302 g/mol. The third-order valence-corrected chi connectivity index (χ3v) is 5.54. The van der Waals surface area contributed by atoms with Gasteiger partial charge in [-0.15, -0.1) is 0 Å². The molecule has 1 fully saturated rings. The first kappa shape index (κ1) is 14.6. The van der Waals surface area contributed by atoms with Gasteiger partial charge >= 0.3 is 0 Å². The number of nitrogens with one attached hydrogen (secondary N) is 1. The Kier molecular flexibility index (Phi) is 4.08. The molecule has 3 N–H and O–H groups in total. The van der Waals surface area contributed by atoms with E-state index in [0.29, 0.717) is 22.2 Å². The smallest absolute Gasteiger partial charge is 0.241 e. The number of sulfonamides is 1. The lowest BCUT2D eigenvalue weighted by molar-refractivity contribution is 0.538. The average Bonchev–Trinajstić information content (AvgIpc) is 2.68. The Bertz CT molecular complexity index is 587. The zero-order chi connectivity index (χ0) is 14.2. The van der Waals surface area contributed by atoms with Crippen molar-refractivity contribution in [2.24, 2.45) is 5.92 Å². The number of hydrogen-bond acceptors (Lipinski definition) is 3. The van der Waals surface area contributed by atoms with E-state index in [1.54, 1.807) is 13.0 Å². The second-order valence-corrected chi connectivity index (χ2v) is 7.47. The van der Waals surface area contributed by atoms with Gasteiger partial charge in [0.05, 0.1) is 4.90 Å². The minimum atomic E-state index is -3.56. The highest BCUT2D eigenvalue weighted by Crippen LogP contribution is 2.29. The molecule has 0 spiro atoms. The van der Waals surface area contributed by atoms with E-state index >= 15 is 0 Å². The highest BCUT2D eigenvalue weighted by Gasteiger charge is 2.27. The maximum atomic E-state index is 12.4. The fourth-order valence-electron chi connectivity index (χ4n) is 2.55. The Balaban J connectivity index is 2.29. The molecule has 0 saturated heterocycles. The maximum absolute atomic E-state index is 12.4. The van der Waals surface area contributed by atoms with Crippen molar-refractivity contribution in [1.82, 2.24) is 4.72 Å². The first-order valence-corrected chi connectivity index (χ1v) is 8.23. The number of anilines is 1. The summed E-state index contributed by atoms with van der Waals surface area (Å²) in [6, 6.07) is 3.03. The molecule has 1 aliphatic carbocycles. The lowest BCUT2D eigenvalue weighted by atomic mass is 10.1. The van der Waals surface area contributed by atoms with Crippen molar-refractivity contribution in [3.63, 3.8) is 0 Å². The van der Waals surface area contributed by atoms with Gasteiger partial charge < -0.3 is 5.73 Å². The second kappa shape index (κ2) is 5.31. The summed E-state index contributed by atoms with van der Waals surface area (Å²) in [5.41, 5.74) is 6.71. The van der Waals surface area contributed by atoms with Crippen LogP contribution < -0.4 is 10.5 Å². The van der Waals surface area contributed by atoms with Crippen LogP contribution in [0.2, 0.25) is 5.02 Å². The van der Waals surface area contributed by atoms with Crippen molar-refractivity contribution in [2.75, 3.05) is 5.73 Å². The fraction of sp³-hybridized carbons (Fsp3) is 0.538. The summed E-state index contributed by atoms with van der Waals surface area (Å²) >= 11 is 5.90. The van der Waals surface area contributed by atoms with Crippen molar-refractivity contribution < 1.29 is 8.42 Å². The van der Waals surface area contributed by atoms with Gasteiger partial charge in [-0.05, 0) is 49.8 Å². The average molecular weight is 303 g/mol. The van der Waals surface area contributed by atoms with Crippen molar-refractivity contribution in [3.05, 3.63) is 22.7 Å². The maximum Gasteiger partial charge on any atom is 0.241 e. The van der Waals surface area contributed by atoms with Crippen LogP contribution in [-0.4, -0.2) is 14.5 Å². The Morgan fingerprint density at radius 2 is 2.05 bits per heavy atom. The zero-order valence-electron chi connectivity index (χ0n) is 11.1. The number of nitrogen functional groups attached to an aromatic ring is 1. The molecule has 1 aromatic carbocycles. The highest BCUT2D eigenvalue weighted by atomic mass is 35.5. The van der Waals surface area contributed by atoms with Gasteiger partial charge in [0.2, 0.25) is 10.0 Å². The second-order valence-electron chi connectivity index (χ2n) is 5.35. The zero-order valence-corrected chi connectivity index (χ0v) is 12.7. The van der Waals surface area contributed by atoms with E-state index in [0.717, 1.165) is 19.3 Å². The van der Waals surface area contributed by atoms with Gasteiger partial charge in [-0.2, -0.15) is 0 Å². The van der Waals surface area contributed by atoms with Gasteiger partial charge in [-0.3, -0.25) is 0 Å². The van der Waals surface area contributed by atoms with E-state index in [1.165, 1.54) is 6.07 Å². The minimum Gasteiger partial charge on any atom is -0.398 e. The van der Waals surface area contributed by atoms with Crippen molar-refractivity contribution in [3.8, 4) is 0 Å². The molecule has 0 amide bonds. The van der Waals surface area contributed by atoms with E-state index in [4.69, 9.17) is 17.3 Å². The number of hydrogen-bond donors (Lipinski definition) is 2. The number of rotatable bonds is 3. The van der Waals surface area contributed by atoms with Gasteiger partial charge in [0.1, 0.15) is 0 Å². The van der Waals surface area contributed by atoms with Gasteiger partial charge in [0, 0.05) is 16.8 Å². The van der Waals surface area contributed by atoms with Crippen LogP contribution in [0, 0.1) is 12.8 Å². The van der Waals surface area contributed by atoms with Gasteiger partial charge in [0.25, 0.3) is 0 Å². The molecule has 106 valence electrons. The normalized spacial score (nSPS) is 23.7. The largest absolute Gasteiger partial charge is 0.398 e. The number of halogens is 1. The molecular weight excluding hydrogens is 284 g/mol. The minimum absolute atomic E-state index is 0.0135. The molecule has 0 heterocycles. The molecule has 0 bridgehead atoms. The summed E-state index contributed by atoms with van der Waals surface area (Å²) in [6.45, 7) is 3.83. The Morgan fingerprint density at radius 1 is 1.37 bits per heavy atom. The lowest BCUT2D eigenvalue weighted by Gasteiger charge is -2.15. The van der Waals surface area contributed by atoms with Crippen LogP contribution >= 0.6 is 11.6 Å². The van der Waals surface area contributed by atoms with Crippen molar-refractivity contribution in [2.45, 2.75) is 44.0 Å². The van der Waals surface area contributed by atoms with E-state index in [1.807, 2.05) is 0 Å². The van der Waals surface area contributed by atoms with Crippen LogP contribution in [0.4, 0.5) is 5.69 Å². The molecule has 2 rings (SSSR count). The first-order valence-electron chi connectivity index (χ1n) is 6.37. The third-order valence-electron chi connectivity index (χ3n) is 3.67. The quantitative estimate of drug-likeness (QED) is 0.843. The van der Waals surface area contributed by atoms with Gasteiger partial charge in [-0.25, -0.2) is 13.1 Å². The summed E-state index contributed by atoms with van der Waals surface area (Å²) in [5, 5.41) is 0.336. The Morgan fingerprint density at radius 3 is 2.63 bits per heavy atom. The third kappa shape index (κ3) is 3.22. The van der Waals surface area contributed by atoms with Crippen LogP contribution in [-0.2, 0) is 10.0 Å². The van der Waals surface area contributed by atoms with Crippen LogP contribution in [0.25, 0.3) is 0 Å². The summed E-state index contributed by atoms with van der Waals surface area (Å²) in [6.07, 6.45) is 2.83. The molecule has 0 aliphatic heterocycles. The van der Waals surface area contributed by atoms with E-state index < -0.39 is 10.0 Å². The molecule has 19 heavy (non-hydrogen) atoms. The fourth-order valence-corrected chi connectivity index (χ4v) is 4.42. The lowest BCUT2D eigenvalue weighted by Crippen LogP contribution is -2.33. The molecule has 1 aliphatic rings. The van der Waals surface area contributed by atoms with E-state index in [-0.39, 0.29) is 10.9 Å². The van der Waals surface area contributed by atoms with Gasteiger partial charge in [-0.1, -0.05) is 18.5 Å². The van der Waals surface area contributed by atoms with Crippen molar-refractivity contribution >= 4 is 27.3 Å². The van der Waals surface area contributed by atoms with Crippen LogP contribution in [0.15, 0.2) is 17.0 Å². The molecule has 0 aromatic heterocycles. The topological polar surface area (TPSA) is 72.2 Å². The van der Waals surface area contributed by atoms with E-state index in [9.17, 15) is 8.42 Å². The van der Waals surface area contributed by atoms with Crippen molar-refractivity contribution in [1.29, 1.82) is 0 Å². The molecule has 0 radical (unpaired) electrons. The standard InChI is InChI=1S/C13H19ClN2O2S/c1-8-3-4-11(5-8)16-19(17,18)13-7-10(14)6-12(15)9(13)2/h6-8,11,16H,3-5,15H2,1-2H3. The molecule has 6 heteroatoms. The number of benzene rings is 1. The predicted octanol–water partition coefficient (Wildman–Crippen LogP) is 2.70. The summed E-state index contributed by atoms with van der Waals surface area (Å²) in [4.78, 5) is 0.178. The van der Waals surface area contributed by atoms with Crippen LogP contribution in [0.5, 0.6) is 0 Å². The summed E-state index contributed by atoms with van der Waals surface area (Å²) in [7, 11) is -3.56. The summed E-state index contributed by atoms with van der Waals surface area (Å²) < 4.78 is 27.5. The molecule has 4 nitrogen and oxygen atoms in total. The molecule has 2 atom stereocenters. The first-order chi connectivity index (χ1) is 8.79. The SMILES string of the molecule is Cc1c(N)cc(Cl)cc1S(=O)(=O)NC1CCC(C)C1. The van der Waals surface area contributed by atoms with Crippen LogP contribution in [0.3, 0.4) is 0 Å². The molecular formula is C13H19ClN2O2S.